The van der Waals surface area contributed by atoms with Crippen molar-refractivity contribution in [3.8, 4) is 0 Å². The molecular formula is C8H14N2O8. The van der Waals surface area contributed by atoms with Crippen molar-refractivity contribution in [1.29, 1.82) is 0 Å². The third-order valence-corrected chi connectivity index (χ3v) is 2.00. The number of primary amides is 1. The first-order chi connectivity index (χ1) is 8.19. The van der Waals surface area contributed by atoms with Crippen LogP contribution in [0.25, 0.3) is 0 Å². The number of nitrogens with two attached hydrogens (primary N) is 1. The summed E-state index contributed by atoms with van der Waals surface area (Å²) in [6.07, 6.45) is -4.21. The number of carbonyl (C=O) groups excluding carboxylic acids is 3. The van der Waals surface area contributed by atoms with Gasteiger partial charge in [-0.15, -0.1) is 0 Å². The highest BCUT2D eigenvalue weighted by Crippen LogP contribution is 2.08. The number of ketones is 1. The van der Waals surface area contributed by atoms with Gasteiger partial charge >= 0.3 is 11.8 Å². The van der Waals surface area contributed by atoms with E-state index in [9.17, 15) is 24.6 Å². The first-order valence-electron chi connectivity index (χ1n) is 4.66. The van der Waals surface area contributed by atoms with Gasteiger partial charge in [-0.05, 0) is 0 Å². The number of carbonyl (C=O) groups is 3. The van der Waals surface area contributed by atoms with E-state index in [2.05, 4.69) is 5.73 Å². The zero-order valence-electron chi connectivity index (χ0n) is 9.11. The van der Waals surface area contributed by atoms with Gasteiger partial charge < -0.3 is 36.6 Å². The van der Waals surface area contributed by atoms with E-state index >= 15 is 0 Å². The van der Waals surface area contributed by atoms with Gasteiger partial charge in [-0.2, -0.15) is 0 Å². The second-order valence-corrected chi connectivity index (χ2v) is 3.40. The van der Waals surface area contributed by atoms with Crippen LogP contribution in [-0.4, -0.2) is 74.3 Å². The number of nitrogens with one attached hydrogen (secondary N) is 1. The molecule has 18 heavy (non-hydrogen) atoms. The highest BCUT2D eigenvalue weighted by atomic mass is 16.4. The number of Topliss-reactive ketones (excluding diaryl/α,β-unsaturated/α-hetero) is 1. The molecule has 0 fully saturated rings. The summed E-state index contributed by atoms with van der Waals surface area (Å²) in [6.45, 7) is -2.38. The van der Waals surface area contributed by atoms with Gasteiger partial charge in [-0.25, -0.2) is 0 Å². The van der Waals surface area contributed by atoms with E-state index in [0.717, 1.165) is 0 Å². The molecule has 0 saturated heterocycles. The molecule has 0 rings (SSSR count). The molecule has 104 valence electrons. The number of aliphatic hydroxyl groups excluding tert-OH is 4. The van der Waals surface area contributed by atoms with Crippen molar-refractivity contribution < 1.29 is 39.9 Å². The average molecular weight is 266 g/mol. The lowest BCUT2D eigenvalue weighted by atomic mass is 10.00. The van der Waals surface area contributed by atoms with Crippen molar-refractivity contribution in [2.75, 3.05) is 13.2 Å². The highest BCUT2D eigenvalue weighted by molar-refractivity contribution is 6.35. The first-order valence-corrected chi connectivity index (χ1v) is 4.66. The lowest BCUT2D eigenvalue weighted by molar-refractivity contribution is -0.166. The van der Waals surface area contributed by atoms with Gasteiger partial charge in [-0.1, -0.05) is 0 Å². The quantitative estimate of drug-likeness (QED) is 0.183. The van der Waals surface area contributed by atoms with Crippen molar-refractivity contribution in [2.24, 2.45) is 5.73 Å². The summed E-state index contributed by atoms with van der Waals surface area (Å²) in [6, 6.07) is 0. The van der Waals surface area contributed by atoms with E-state index < -0.39 is 48.7 Å². The molecular weight excluding hydrogens is 252 g/mol. The molecule has 0 saturated carbocycles. The summed E-state index contributed by atoms with van der Waals surface area (Å²) in [5.74, 6) is -4.72. The minimum absolute atomic E-state index is 1.00. The SMILES string of the molecule is NC(=O)C(=O)N[C@@](O)(CO)C(=O)[C@H](O)[C@H](O)CO. The Hall–Kier alpha value is -1.59. The average Bonchev–Trinajstić information content (AvgIpc) is 2.35. The molecule has 0 aliphatic rings. The van der Waals surface area contributed by atoms with Crippen LogP contribution in [0.1, 0.15) is 0 Å². The predicted octanol–water partition coefficient (Wildman–Crippen LogP) is -5.45. The molecule has 0 aromatic rings. The van der Waals surface area contributed by atoms with Crippen LogP contribution in [0.3, 0.4) is 0 Å². The largest absolute Gasteiger partial charge is 0.394 e. The summed E-state index contributed by atoms with van der Waals surface area (Å²) in [4.78, 5) is 32.8. The third-order valence-electron chi connectivity index (χ3n) is 2.00. The molecule has 10 heteroatoms. The first kappa shape index (κ1) is 16.4. The third kappa shape index (κ3) is 3.72. The molecule has 3 atom stereocenters. The summed E-state index contributed by atoms with van der Waals surface area (Å²) in [5.41, 5.74) is 1.55. The van der Waals surface area contributed by atoms with Gasteiger partial charge in [0.25, 0.3) is 0 Å². The van der Waals surface area contributed by atoms with E-state index in [1.165, 1.54) is 5.32 Å². The maximum Gasteiger partial charge on any atom is 0.311 e. The smallest absolute Gasteiger partial charge is 0.311 e. The van der Waals surface area contributed by atoms with Gasteiger partial charge in [0.2, 0.25) is 11.5 Å². The van der Waals surface area contributed by atoms with Gasteiger partial charge in [0.05, 0.1) is 13.2 Å². The molecule has 0 radical (unpaired) electrons. The maximum atomic E-state index is 11.5. The van der Waals surface area contributed by atoms with E-state index in [-0.39, 0.29) is 0 Å². The molecule has 0 aliphatic heterocycles. The van der Waals surface area contributed by atoms with Crippen molar-refractivity contribution in [3.63, 3.8) is 0 Å². The number of rotatable bonds is 6. The summed E-state index contributed by atoms with van der Waals surface area (Å²) < 4.78 is 0. The number of aliphatic hydroxyl groups is 5. The van der Waals surface area contributed by atoms with Crippen molar-refractivity contribution in [3.05, 3.63) is 0 Å². The van der Waals surface area contributed by atoms with Crippen molar-refractivity contribution in [2.45, 2.75) is 17.9 Å². The zero-order valence-corrected chi connectivity index (χ0v) is 9.11. The molecule has 0 aromatic carbocycles. The fraction of sp³-hybridized carbons (Fsp3) is 0.625. The number of hydrogen-bond donors (Lipinski definition) is 7. The highest BCUT2D eigenvalue weighted by Gasteiger charge is 2.43. The van der Waals surface area contributed by atoms with Crippen LogP contribution in [0.2, 0.25) is 0 Å². The maximum absolute atomic E-state index is 11.5. The second-order valence-electron chi connectivity index (χ2n) is 3.40. The minimum Gasteiger partial charge on any atom is -0.394 e. The lowest BCUT2D eigenvalue weighted by Crippen LogP contribution is -2.63. The van der Waals surface area contributed by atoms with E-state index in [4.69, 9.17) is 15.3 Å². The normalized spacial score (nSPS) is 17.4. The number of hydrogen-bond acceptors (Lipinski definition) is 8. The summed E-state index contributed by atoms with van der Waals surface area (Å²) in [7, 11) is 0. The Morgan fingerprint density at radius 3 is 2.06 bits per heavy atom. The van der Waals surface area contributed by atoms with Crippen LogP contribution in [0.15, 0.2) is 0 Å². The second kappa shape index (κ2) is 6.37. The van der Waals surface area contributed by atoms with Crippen LogP contribution in [-0.2, 0) is 14.4 Å². The number of amides is 2. The minimum atomic E-state index is -3.00. The molecule has 2 amide bonds. The Balaban J connectivity index is 4.99. The monoisotopic (exact) mass is 266 g/mol. The fourth-order valence-electron chi connectivity index (χ4n) is 0.948. The van der Waals surface area contributed by atoms with Crippen molar-refractivity contribution in [1.82, 2.24) is 5.32 Å². The molecule has 0 heterocycles. The Kier molecular flexibility index (Phi) is 5.81. The molecule has 0 aromatic heterocycles. The van der Waals surface area contributed by atoms with Gasteiger partial charge in [0.1, 0.15) is 12.2 Å². The van der Waals surface area contributed by atoms with Crippen molar-refractivity contribution >= 4 is 17.6 Å². The zero-order chi connectivity index (χ0) is 14.5. The van der Waals surface area contributed by atoms with E-state index in [1.54, 1.807) is 0 Å². The Labute approximate surface area is 101 Å². The standard InChI is InChI=1S/C8H14N2O8/c9-6(16)7(17)10-8(18,2-12)5(15)4(14)3(13)1-11/h3-4,11-14,18H,1-2H2,(H2,9,16)(H,10,17)/t3-,4-,8-/m1/s1. The summed E-state index contributed by atoms with van der Waals surface area (Å²) >= 11 is 0. The molecule has 0 bridgehead atoms. The van der Waals surface area contributed by atoms with Gasteiger partial charge in [0.15, 0.2) is 0 Å². The van der Waals surface area contributed by atoms with E-state index in [1.807, 2.05) is 0 Å². The Bertz CT molecular complexity index is 346. The Morgan fingerprint density at radius 2 is 1.72 bits per heavy atom. The molecule has 0 spiro atoms. The molecule has 0 unspecified atom stereocenters. The Morgan fingerprint density at radius 1 is 1.22 bits per heavy atom. The van der Waals surface area contributed by atoms with Crippen LogP contribution < -0.4 is 11.1 Å². The molecule has 8 N–H and O–H groups in total. The topological polar surface area (TPSA) is 190 Å². The molecule has 0 aliphatic carbocycles. The van der Waals surface area contributed by atoms with E-state index in [0.29, 0.717) is 0 Å². The van der Waals surface area contributed by atoms with Gasteiger partial charge in [-0.3, -0.25) is 14.4 Å². The lowest BCUT2D eigenvalue weighted by Gasteiger charge is -2.28. The van der Waals surface area contributed by atoms with Crippen LogP contribution in [0, 0.1) is 0 Å². The summed E-state index contributed by atoms with van der Waals surface area (Å²) in [5, 5.41) is 46.4. The van der Waals surface area contributed by atoms with Crippen LogP contribution in [0.4, 0.5) is 0 Å². The van der Waals surface area contributed by atoms with Gasteiger partial charge in [0, 0.05) is 0 Å². The van der Waals surface area contributed by atoms with Crippen LogP contribution in [0.5, 0.6) is 0 Å². The predicted molar refractivity (Wildman–Crippen MR) is 53.5 cm³/mol. The fourth-order valence-corrected chi connectivity index (χ4v) is 0.948. The molecule has 10 nitrogen and oxygen atoms in total. The van der Waals surface area contributed by atoms with Crippen LogP contribution >= 0.6 is 0 Å².